The molecule has 0 saturated heterocycles. The Labute approximate surface area is 77.3 Å². The summed E-state index contributed by atoms with van der Waals surface area (Å²) < 4.78 is 0. The lowest BCUT2D eigenvalue weighted by Gasteiger charge is -2.13. The third-order valence-electron chi connectivity index (χ3n) is 1.31. The van der Waals surface area contributed by atoms with Gasteiger partial charge in [-0.25, -0.2) is 0 Å². The van der Waals surface area contributed by atoms with Gasteiger partial charge in [-0.05, 0) is 6.42 Å². The SMILES string of the molecule is CCC(Br)C(CBr)C(=O)O. The van der Waals surface area contributed by atoms with E-state index in [9.17, 15) is 4.79 Å². The van der Waals surface area contributed by atoms with Crippen LogP contribution >= 0.6 is 31.9 Å². The highest BCUT2D eigenvalue weighted by atomic mass is 79.9. The molecular weight excluding hydrogens is 264 g/mol. The van der Waals surface area contributed by atoms with Crippen LogP contribution in [0.3, 0.4) is 0 Å². The van der Waals surface area contributed by atoms with Crippen LogP contribution in [0, 0.1) is 5.92 Å². The molecule has 0 aliphatic carbocycles. The molecule has 0 amide bonds. The van der Waals surface area contributed by atoms with Crippen LogP contribution < -0.4 is 0 Å². The van der Waals surface area contributed by atoms with Crippen molar-refractivity contribution in [1.29, 1.82) is 0 Å². The average molecular weight is 274 g/mol. The van der Waals surface area contributed by atoms with E-state index >= 15 is 0 Å². The number of halogens is 2. The van der Waals surface area contributed by atoms with Crippen molar-refractivity contribution in [3.05, 3.63) is 0 Å². The summed E-state index contributed by atoms with van der Waals surface area (Å²) in [6.45, 7) is 1.96. The lowest BCUT2D eigenvalue weighted by Crippen LogP contribution is -2.24. The van der Waals surface area contributed by atoms with Crippen molar-refractivity contribution >= 4 is 37.8 Å². The first kappa shape index (κ1) is 10.4. The second-order valence-corrected chi connectivity index (χ2v) is 3.85. The topological polar surface area (TPSA) is 37.3 Å². The van der Waals surface area contributed by atoms with Crippen LogP contribution in [0.5, 0.6) is 0 Å². The van der Waals surface area contributed by atoms with Crippen LogP contribution in [-0.2, 0) is 4.79 Å². The number of rotatable bonds is 4. The van der Waals surface area contributed by atoms with E-state index in [1.807, 2.05) is 6.92 Å². The highest BCUT2D eigenvalue weighted by Crippen LogP contribution is 2.18. The zero-order valence-electron chi connectivity index (χ0n) is 5.68. The Kier molecular flexibility index (Phi) is 5.35. The maximum Gasteiger partial charge on any atom is 0.308 e. The predicted molar refractivity (Wildman–Crippen MR) is 47.9 cm³/mol. The van der Waals surface area contributed by atoms with Gasteiger partial charge in [0.15, 0.2) is 0 Å². The van der Waals surface area contributed by atoms with Crippen LogP contribution in [-0.4, -0.2) is 21.2 Å². The molecule has 0 aromatic rings. The molecule has 0 bridgehead atoms. The van der Waals surface area contributed by atoms with Crippen LogP contribution in [0.4, 0.5) is 0 Å². The Hall–Kier alpha value is 0.430. The van der Waals surface area contributed by atoms with E-state index in [4.69, 9.17) is 5.11 Å². The van der Waals surface area contributed by atoms with Gasteiger partial charge in [0.1, 0.15) is 0 Å². The van der Waals surface area contributed by atoms with Gasteiger partial charge in [-0.15, -0.1) is 0 Å². The number of carboxylic acids is 1. The van der Waals surface area contributed by atoms with Crippen LogP contribution in [0.2, 0.25) is 0 Å². The average Bonchev–Trinajstić information content (AvgIpc) is 1.88. The molecule has 1 N–H and O–H groups in total. The minimum absolute atomic E-state index is 0.0735. The second-order valence-electron chi connectivity index (χ2n) is 2.02. The maximum atomic E-state index is 10.5. The number of aliphatic carboxylic acids is 1. The minimum atomic E-state index is -0.749. The van der Waals surface area contributed by atoms with Crippen molar-refractivity contribution in [3.8, 4) is 0 Å². The lowest BCUT2D eigenvalue weighted by molar-refractivity contribution is -0.140. The van der Waals surface area contributed by atoms with Gasteiger partial charge in [0.2, 0.25) is 0 Å². The fraction of sp³-hybridized carbons (Fsp3) is 0.833. The van der Waals surface area contributed by atoms with E-state index in [0.29, 0.717) is 5.33 Å². The van der Waals surface area contributed by atoms with Gasteiger partial charge in [0, 0.05) is 10.2 Å². The first-order valence-electron chi connectivity index (χ1n) is 3.06. The summed E-state index contributed by atoms with van der Waals surface area (Å²) in [6, 6.07) is 0. The number of carboxylic acid groups (broad SMARTS) is 1. The molecule has 0 aliphatic rings. The minimum Gasteiger partial charge on any atom is -0.481 e. The lowest BCUT2D eigenvalue weighted by atomic mass is 10.1. The molecule has 0 fully saturated rings. The molecule has 0 rings (SSSR count). The van der Waals surface area contributed by atoms with E-state index in [1.54, 1.807) is 0 Å². The highest BCUT2D eigenvalue weighted by Gasteiger charge is 2.22. The van der Waals surface area contributed by atoms with E-state index in [1.165, 1.54) is 0 Å². The molecule has 2 nitrogen and oxygen atoms in total. The molecule has 2 atom stereocenters. The molecule has 0 heterocycles. The Morgan fingerprint density at radius 2 is 2.20 bits per heavy atom. The summed E-state index contributed by atoms with van der Waals surface area (Å²) in [7, 11) is 0. The van der Waals surface area contributed by atoms with Crippen molar-refractivity contribution in [1.82, 2.24) is 0 Å². The molecule has 60 valence electrons. The Balaban J connectivity index is 3.92. The van der Waals surface area contributed by atoms with Crippen molar-refractivity contribution in [3.63, 3.8) is 0 Å². The predicted octanol–water partition coefficient (Wildman–Crippen LogP) is 2.26. The van der Waals surface area contributed by atoms with Gasteiger partial charge in [0.25, 0.3) is 0 Å². The molecule has 0 spiro atoms. The second kappa shape index (κ2) is 5.13. The standard InChI is InChI=1S/C6H10Br2O2/c1-2-5(8)4(3-7)6(9)10/h4-5H,2-3H2,1H3,(H,9,10). The Bertz CT molecular complexity index is 116. The van der Waals surface area contributed by atoms with Gasteiger partial charge in [-0.1, -0.05) is 38.8 Å². The van der Waals surface area contributed by atoms with Crippen molar-refractivity contribution in [2.75, 3.05) is 5.33 Å². The van der Waals surface area contributed by atoms with E-state index in [0.717, 1.165) is 6.42 Å². The molecule has 0 aliphatic heterocycles. The zero-order chi connectivity index (χ0) is 8.15. The number of hydrogen-bond donors (Lipinski definition) is 1. The molecule has 10 heavy (non-hydrogen) atoms. The Morgan fingerprint density at radius 1 is 1.70 bits per heavy atom. The Morgan fingerprint density at radius 3 is 2.30 bits per heavy atom. The summed E-state index contributed by atoms with van der Waals surface area (Å²) in [4.78, 5) is 10.5. The maximum absolute atomic E-state index is 10.5. The molecule has 0 saturated carbocycles. The van der Waals surface area contributed by atoms with Gasteiger partial charge in [-0.3, -0.25) is 4.79 Å². The van der Waals surface area contributed by atoms with E-state index < -0.39 is 5.97 Å². The largest absolute Gasteiger partial charge is 0.481 e. The monoisotopic (exact) mass is 272 g/mol. The molecule has 0 aromatic carbocycles. The zero-order valence-corrected chi connectivity index (χ0v) is 8.85. The smallest absolute Gasteiger partial charge is 0.308 e. The highest BCUT2D eigenvalue weighted by molar-refractivity contribution is 9.10. The third-order valence-corrected chi connectivity index (χ3v) is 3.29. The summed E-state index contributed by atoms with van der Waals surface area (Å²) in [5.74, 6) is -1.06. The molecule has 0 radical (unpaired) electrons. The van der Waals surface area contributed by atoms with Gasteiger partial charge >= 0.3 is 5.97 Å². The van der Waals surface area contributed by atoms with Crippen LogP contribution in [0.15, 0.2) is 0 Å². The summed E-state index contributed by atoms with van der Waals surface area (Å²) >= 11 is 6.44. The number of carbonyl (C=O) groups is 1. The van der Waals surface area contributed by atoms with Crippen LogP contribution in [0.1, 0.15) is 13.3 Å². The first-order chi connectivity index (χ1) is 4.63. The van der Waals surface area contributed by atoms with Gasteiger partial charge < -0.3 is 5.11 Å². The van der Waals surface area contributed by atoms with E-state index in [-0.39, 0.29) is 10.7 Å². The van der Waals surface area contributed by atoms with Crippen molar-refractivity contribution in [2.24, 2.45) is 5.92 Å². The van der Waals surface area contributed by atoms with Crippen LogP contribution in [0.25, 0.3) is 0 Å². The first-order valence-corrected chi connectivity index (χ1v) is 5.10. The summed E-state index contributed by atoms with van der Waals surface area (Å²) in [5, 5.41) is 9.12. The van der Waals surface area contributed by atoms with Crippen molar-refractivity contribution < 1.29 is 9.90 Å². The summed E-state index contributed by atoms with van der Waals surface area (Å²) in [5.41, 5.74) is 0. The molecule has 0 aromatic heterocycles. The fourth-order valence-electron chi connectivity index (χ4n) is 0.602. The van der Waals surface area contributed by atoms with Gasteiger partial charge in [-0.2, -0.15) is 0 Å². The molecular formula is C6H10Br2O2. The third kappa shape index (κ3) is 3.01. The number of hydrogen-bond acceptors (Lipinski definition) is 1. The van der Waals surface area contributed by atoms with E-state index in [2.05, 4.69) is 31.9 Å². The number of alkyl halides is 2. The fourth-order valence-corrected chi connectivity index (χ4v) is 2.24. The molecule has 4 heteroatoms. The summed E-state index contributed by atoms with van der Waals surface area (Å²) in [6.07, 6.45) is 0.836. The van der Waals surface area contributed by atoms with Gasteiger partial charge in [0.05, 0.1) is 5.92 Å². The molecule has 2 unspecified atom stereocenters. The van der Waals surface area contributed by atoms with Crippen molar-refractivity contribution in [2.45, 2.75) is 18.2 Å². The quantitative estimate of drug-likeness (QED) is 0.798. The normalized spacial score (nSPS) is 16.3.